The van der Waals surface area contributed by atoms with Crippen LogP contribution < -0.4 is 36.7 Å². The molecule has 0 bridgehead atoms. The summed E-state index contributed by atoms with van der Waals surface area (Å²) < 4.78 is 22.8. The Morgan fingerprint density at radius 2 is 1.67 bits per heavy atom. The molecule has 0 atom stereocenters. The minimum atomic E-state index is 0. The molecule has 0 aliphatic carbocycles. The number of hydrogen-bond acceptors (Lipinski definition) is 5. The van der Waals surface area contributed by atoms with Crippen molar-refractivity contribution in [3.05, 3.63) is 83.4 Å². The van der Waals surface area contributed by atoms with E-state index in [0.29, 0.717) is 33.1 Å². The quantitative estimate of drug-likeness (QED) is 0.564. The zero-order valence-electron chi connectivity index (χ0n) is 16.9. The number of hydrogen-bond donors (Lipinski definition) is 1. The first-order valence-electron chi connectivity index (χ1n) is 9.84. The molecule has 0 saturated carbocycles. The van der Waals surface area contributed by atoms with E-state index in [4.69, 9.17) is 18.9 Å². The molecule has 1 aliphatic rings. The van der Waals surface area contributed by atoms with E-state index in [-0.39, 0.29) is 12.4 Å². The second-order valence-electron chi connectivity index (χ2n) is 6.74. The van der Waals surface area contributed by atoms with Crippen LogP contribution in [0.1, 0.15) is 23.6 Å². The largest absolute Gasteiger partial charge is 1.00 e. The topological polar surface area (TPSA) is 49.0 Å². The molecule has 4 rings (SSSR count). The molecule has 0 amide bonds. The second kappa shape index (κ2) is 10.8. The molecule has 3 aromatic carbocycles. The molecule has 0 spiro atoms. The smallest absolute Gasteiger partial charge is 0.231 e. The molecule has 158 valence electrons. The van der Waals surface area contributed by atoms with Crippen LogP contribution in [0, 0.1) is 0 Å². The summed E-state index contributed by atoms with van der Waals surface area (Å²) in [7, 11) is 0. The molecule has 0 fully saturated rings. The number of para-hydroxylation sites is 1. The lowest BCUT2D eigenvalue weighted by Gasteiger charge is -2.16. The van der Waals surface area contributed by atoms with Gasteiger partial charge < -0.3 is 36.7 Å². The number of halogens is 1. The fourth-order valence-electron chi connectivity index (χ4n) is 3.26. The summed E-state index contributed by atoms with van der Waals surface area (Å²) in [4.78, 5) is 0. The van der Waals surface area contributed by atoms with Crippen LogP contribution in [0.15, 0.2) is 66.7 Å². The number of ether oxygens (including phenoxy) is 4. The van der Waals surface area contributed by atoms with Gasteiger partial charge in [0.1, 0.15) is 6.61 Å². The van der Waals surface area contributed by atoms with Gasteiger partial charge in [0, 0.05) is 18.7 Å². The number of benzene rings is 3. The zero-order chi connectivity index (χ0) is 19.9. The summed E-state index contributed by atoms with van der Waals surface area (Å²) in [5.41, 5.74) is 3.33. The number of fused-ring (bicyclic) bond motifs is 1. The highest BCUT2D eigenvalue weighted by molar-refractivity contribution is 5.47. The normalized spacial score (nSPS) is 11.6. The van der Waals surface area contributed by atoms with Crippen molar-refractivity contribution in [2.75, 3.05) is 13.4 Å². The number of rotatable bonds is 9. The van der Waals surface area contributed by atoms with Crippen LogP contribution in [-0.2, 0) is 19.7 Å². The van der Waals surface area contributed by atoms with Gasteiger partial charge in [-0.2, -0.15) is 0 Å². The minimum absolute atomic E-state index is 0. The molecule has 6 heteroatoms. The summed E-state index contributed by atoms with van der Waals surface area (Å²) >= 11 is 0. The molecule has 0 aromatic heterocycles. The molecule has 0 unspecified atom stereocenters. The van der Waals surface area contributed by atoms with Gasteiger partial charge in [-0.1, -0.05) is 48.5 Å². The average Bonchev–Trinajstić information content (AvgIpc) is 3.22. The summed E-state index contributed by atoms with van der Waals surface area (Å²) in [6.45, 7) is 4.74. The van der Waals surface area contributed by atoms with Crippen LogP contribution >= 0.6 is 0 Å². The first-order chi connectivity index (χ1) is 14.3. The third kappa shape index (κ3) is 5.38. The molecule has 1 aliphatic heterocycles. The van der Waals surface area contributed by atoms with Gasteiger partial charge in [0.25, 0.3) is 0 Å². The van der Waals surface area contributed by atoms with Gasteiger partial charge in [0.2, 0.25) is 6.79 Å². The maximum absolute atomic E-state index is 6.17. The summed E-state index contributed by atoms with van der Waals surface area (Å²) in [6.07, 6.45) is 0. The Labute approximate surface area is 183 Å². The molecular formula is C24H25ClNO4-. The van der Waals surface area contributed by atoms with Gasteiger partial charge in [0.15, 0.2) is 23.0 Å². The molecule has 0 radical (unpaired) electrons. The van der Waals surface area contributed by atoms with Crippen molar-refractivity contribution in [2.45, 2.75) is 26.6 Å². The van der Waals surface area contributed by atoms with E-state index in [1.54, 1.807) is 0 Å². The predicted octanol–water partition coefficient (Wildman–Crippen LogP) is 1.69. The number of nitrogens with one attached hydrogen (secondary N) is 1. The van der Waals surface area contributed by atoms with Crippen molar-refractivity contribution in [1.29, 1.82) is 0 Å². The second-order valence-corrected chi connectivity index (χ2v) is 6.74. The van der Waals surface area contributed by atoms with Crippen LogP contribution in [0.25, 0.3) is 0 Å². The Morgan fingerprint density at radius 3 is 2.50 bits per heavy atom. The molecular weight excluding hydrogens is 402 g/mol. The monoisotopic (exact) mass is 426 g/mol. The molecule has 3 aromatic rings. The van der Waals surface area contributed by atoms with Crippen molar-refractivity contribution in [2.24, 2.45) is 0 Å². The lowest BCUT2D eigenvalue weighted by molar-refractivity contribution is -0.00000815. The first-order valence-corrected chi connectivity index (χ1v) is 9.84. The Balaban J connectivity index is 0.00000256. The van der Waals surface area contributed by atoms with Crippen LogP contribution in [0.4, 0.5) is 0 Å². The van der Waals surface area contributed by atoms with E-state index in [1.807, 2.05) is 55.5 Å². The molecule has 1 heterocycles. The van der Waals surface area contributed by atoms with Crippen LogP contribution in [0.2, 0.25) is 0 Å². The molecule has 0 saturated heterocycles. The van der Waals surface area contributed by atoms with E-state index in [9.17, 15) is 0 Å². The van der Waals surface area contributed by atoms with Gasteiger partial charge in [-0.3, -0.25) is 0 Å². The zero-order valence-corrected chi connectivity index (χ0v) is 17.7. The summed E-state index contributed by atoms with van der Waals surface area (Å²) in [5.74, 6) is 3.16. The lowest BCUT2D eigenvalue weighted by atomic mass is 10.1. The van der Waals surface area contributed by atoms with Gasteiger partial charge in [-0.05, 0) is 36.2 Å². The lowest BCUT2D eigenvalue weighted by Crippen LogP contribution is -3.00. The minimum Gasteiger partial charge on any atom is -1.00 e. The van der Waals surface area contributed by atoms with Crippen molar-refractivity contribution in [1.82, 2.24) is 5.32 Å². The van der Waals surface area contributed by atoms with Gasteiger partial charge >= 0.3 is 0 Å². The highest BCUT2D eigenvalue weighted by atomic mass is 35.5. The molecule has 30 heavy (non-hydrogen) atoms. The van der Waals surface area contributed by atoms with Crippen LogP contribution in [-0.4, -0.2) is 13.4 Å². The summed E-state index contributed by atoms with van der Waals surface area (Å²) in [5, 5.41) is 3.49. The summed E-state index contributed by atoms with van der Waals surface area (Å²) in [6, 6.07) is 22.2. The third-order valence-corrected chi connectivity index (χ3v) is 4.67. The first kappa shape index (κ1) is 21.8. The van der Waals surface area contributed by atoms with Gasteiger partial charge in [-0.15, -0.1) is 0 Å². The maximum Gasteiger partial charge on any atom is 0.231 e. The standard InChI is InChI=1S/C24H25NO4.ClH/c1-2-26-22-10-6-9-20(24(22)27-16-18-7-4-3-5-8-18)15-25-14-19-11-12-21-23(13-19)29-17-28-21;/h3-13,25H,2,14-17H2,1H3;1H/p-1. The Bertz CT molecular complexity index is 949. The van der Waals surface area contributed by atoms with Crippen molar-refractivity contribution >= 4 is 0 Å². The van der Waals surface area contributed by atoms with E-state index in [1.165, 1.54) is 0 Å². The van der Waals surface area contributed by atoms with Crippen molar-refractivity contribution in [3.63, 3.8) is 0 Å². The predicted molar refractivity (Wildman–Crippen MR) is 111 cm³/mol. The van der Waals surface area contributed by atoms with E-state index in [2.05, 4.69) is 23.5 Å². The SMILES string of the molecule is CCOc1cccc(CNCc2ccc3c(c2)OCO3)c1OCc1ccccc1.[Cl-]. The molecule has 5 nitrogen and oxygen atoms in total. The van der Waals surface area contributed by atoms with E-state index < -0.39 is 0 Å². The van der Waals surface area contributed by atoms with Crippen molar-refractivity contribution in [3.8, 4) is 23.0 Å². The fourth-order valence-corrected chi connectivity index (χ4v) is 3.26. The highest BCUT2D eigenvalue weighted by Gasteiger charge is 2.14. The van der Waals surface area contributed by atoms with Gasteiger partial charge in [-0.25, -0.2) is 0 Å². The van der Waals surface area contributed by atoms with Crippen LogP contribution in [0.3, 0.4) is 0 Å². The average molecular weight is 427 g/mol. The Morgan fingerprint density at radius 1 is 0.833 bits per heavy atom. The van der Waals surface area contributed by atoms with E-state index in [0.717, 1.165) is 39.7 Å². The van der Waals surface area contributed by atoms with Crippen LogP contribution in [0.5, 0.6) is 23.0 Å². The van der Waals surface area contributed by atoms with Crippen molar-refractivity contribution < 1.29 is 31.4 Å². The molecule has 1 N–H and O–H groups in total. The van der Waals surface area contributed by atoms with Gasteiger partial charge in [0.05, 0.1) is 6.61 Å². The highest BCUT2D eigenvalue weighted by Crippen LogP contribution is 2.33. The Kier molecular flexibility index (Phi) is 7.82. The Hall–Kier alpha value is -2.89. The fraction of sp³-hybridized carbons (Fsp3) is 0.250. The maximum atomic E-state index is 6.17. The third-order valence-electron chi connectivity index (χ3n) is 4.67. The van der Waals surface area contributed by atoms with E-state index >= 15 is 0 Å².